The van der Waals surface area contributed by atoms with E-state index >= 15 is 0 Å². The standard InChI is InChI=1S/C13H16BrNO3/c1-3-9-4-5-10(13(17)18-2)8-11(9)15-12(16)6-7-14/h4-5,8H,3,6-7H2,1-2H3,(H,15,16). The molecule has 0 unspecified atom stereocenters. The third-order valence-corrected chi connectivity index (χ3v) is 2.90. The van der Waals surface area contributed by atoms with Crippen LogP contribution in [0.3, 0.4) is 0 Å². The number of hydrogen-bond donors (Lipinski definition) is 1. The van der Waals surface area contributed by atoms with Gasteiger partial charge in [-0.1, -0.05) is 28.9 Å². The lowest BCUT2D eigenvalue weighted by Gasteiger charge is -2.11. The molecule has 4 nitrogen and oxygen atoms in total. The average Bonchev–Trinajstić information content (AvgIpc) is 2.38. The molecule has 0 heterocycles. The molecule has 0 saturated heterocycles. The third-order valence-electron chi connectivity index (χ3n) is 2.51. The van der Waals surface area contributed by atoms with Crippen LogP contribution in [-0.2, 0) is 16.0 Å². The predicted molar refractivity (Wildman–Crippen MR) is 74.2 cm³/mol. The van der Waals surface area contributed by atoms with E-state index in [9.17, 15) is 9.59 Å². The molecule has 0 spiro atoms. The minimum absolute atomic E-state index is 0.0800. The van der Waals surface area contributed by atoms with Gasteiger partial charge in [-0.3, -0.25) is 4.79 Å². The molecule has 5 heteroatoms. The van der Waals surface area contributed by atoms with Gasteiger partial charge in [-0.15, -0.1) is 0 Å². The molecular weight excluding hydrogens is 298 g/mol. The summed E-state index contributed by atoms with van der Waals surface area (Å²) < 4.78 is 4.66. The third kappa shape index (κ3) is 3.84. The highest BCUT2D eigenvalue weighted by Gasteiger charge is 2.11. The van der Waals surface area contributed by atoms with E-state index in [0.29, 0.717) is 23.0 Å². The number of aryl methyl sites for hydroxylation is 1. The van der Waals surface area contributed by atoms with E-state index in [1.807, 2.05) is 13.0 Å². The number of amides is 1. The summed E-state index contributed by atoms with van der Waals surface area (Å²) in [6.45, 7) is 1.99. The number of benzene rings is 1. The molecule has 0 aliphatic carbocycles. The number of carbonyl (C=O) groups is 2. The second kappa shape index (κ2) is 7.16. The number of esters is 1. The first-order chi connectivity index (χ1) is 8.62. The lowest BCUT2D eigenvalue weighted by molar-refractivity contribution is -0.115. The van der Waals surface area contributed by atoms with Crippen molar-refractivity contribution in [2.75, 3.05) is 17.8 Å². The van der Waals surface area contributed by atoms with Crippen molar-refractivity contribution in [2.24, 2.45) is 0 Å². The number of ether oxygens (including phenoxy) is 1. The Hall–Kier alpha value is -1.36. The number of hydrogen-bond acceptors (Lipinski definition) is 3. The van der Waals surface area contributed by atoms with Crippen molar-refractivity contribution in [2.45, 2.75) is 19.8 Å². The summed E-state index contributed by atoms with van der Waals surface area (Å²) in [6, 6.07) is 5.18. The van der Waals surface area contributed by atoms with Gasteiger partial charge in [0, 0.05) is 17.4 Å². The molecule has 1 rings (SSSR count). The van der Waals surface area contributed by atoms with Crippen molar-refractivity contribution >= 4 is 33.5 Å². The number of anilines is 1. The summed E-state index contributed by atoms with van der Waals surface area (Å²) in [5.41, 5.74) is 2.10. The zero-order chi connectivity index (χ0) is 13.5. The Labute approximate surface area is 115 Å². The summed E-state index contributed by atoms with van der Waals surface area (Å²) in [6.07, 6.45) is 1.18. The lowest BCUT2D eigenvalue weighted by atomic mass is 10.1. The normalized spacial score (nSPS) is 9.94. The van der Waals surface area contributed by atoms with Gasteiger partial charge >= 0.3 is 5.97 Å². The molecule has 0 aliphatic rings. The number of halogens is 1. The average molecular weight is 314 g/mol. The molecule has 0 aromatic heterocycles. The fourth-order valence-corrected chi connectivity index (χ4v) is 1.90. The molecule has 0 atom stereocenters. The monoisotopic (exact) mass is 313 g/mol. The SMILES string of the molecule is CCc1ccc(C(=O)OC)cc1NC(=O)CCBr. The van der Waals surface area contributed by atoms with Crippen LogP contribution in [0.1, 0.15) is 29.3 Å². The van der Waals surface area contributed by atoms with Crippen LogP contribution < -0.4 is 5.32 Å². The Kier molecular flexibility index (Phi) is 5.85. The summed E-state index contributed by atoms with van der Waals surface area (Å²) in [5.74, 6) is -0.489. The maximum Gasteiger partial charge on any atom is 0.337 e. The van der Waals surface area contributed by atoms with E-state index in [0.717, 1.165) is 12.0 Å². The number of methoxy groups -OCH3 is 1. The minimum Gasteiger partial charge on any atom is -0.465 e. The van der Waals surface area contributed by atoms with E-state index in [1.54, 1.807) is 12.1 Å². The summed E-state index contributed by atoms with van der Waals surface area (Å²) in [5, 5.41) is 3.41. The summed E-state index contributed by atoms with van der Waals surface area (Å²) >= 11 is 3.21. The largest absolute Gasteiger partial charge is 0.465 e. The van der Waals surface area contributed by atoms with Crippen LogP contribution in [0.15, 0.2) is 18.2 Å². The Morgan fingerprint density at radius 3 is 2.67 bits per heavy atom. The highest BCUT2D eigenvalue weighted by atomic mass is 79.9. The van der Waals surface area contributed by atoms with Gasteiger partial charge in [-0.05, 0) is 24.1 Å². The van der Waals surface area contributed by atoms with Crippen molar-refractivity contribution in [3.63, 3.8) is 0 Å². The first-order valence-electron chi connectivity index (χ1n) is 5.69. The fraction of sp³-hybridized carbons (Fsp3) is 0.385. The van der Waals surface area contributed by atoms with Crippen molar-refractivity contribution < 1.29 is 14.3 Å². The molecule has 1 N–H and O–H groups in total. The van der Waals surface area contributed by atoms with Crippen molar-refractivity contribution in [3.8, 4) is 0 Å². The van der Waals surface area contributed by atoms with Crippen LogP contribution in [0.25, 0.3) is 0 Å². The second-order valence-corrected chi connectivity index (χ2v) is 4.50. The van der Waals surface area contributed by atoms with Crippen LogP contribution >= 0.6 is 15.9 Å². The first-order valence-corrected chi connectivity index (χ1v) is 6.81. The molecule has 98 valence electrons. The van der Waals surface area contributed by atoms with Crippen LogP contribution in [0.2, 0.25) is 0 Å². The van der Waals surface area contributed by atoms with E-state index in [4.69, 9.17) is 0 Å². The van der Waals surface area contributed by atoms with Gasteiger partial charge < -0.3 is 10.1 Å². The Bertz CT molecular complexity index is 446. The summed E-state index contributed by atoms with van der Waals surface area (Å²) in [4.78, 5) is 23.0. The van der Waals surface area contributed by atoms with Gasteiger partial charge in [0.25, 0.3) is 0 Å². The molecule has 18 heavy (non-hydrogen) atoms. The zero-order valence-corrected chi connectivity index (χ0v) is 12.0. The van der Waals surface area contributed by atoms with E-state index in [-0.39, 0.29) is 5.91 Å². The predicted octanol–water partition coefficient (Wildman–Crippen LogP) is 2.76. The van der Waals surface area contributed by atoms with Gasteiger partial charge in [0.1, 0.15) is 0 Å². The van der Waals surface area contributed by atoms with E-state index < -0.39 is 5.97 Å². The highest BCUT2D eigenvalue weighted by Crippen LogP contribution is 2.19. The number of carbonyl (C=O) groups excluding carboxylic acids is 2. The van der Waals surface area contributed by atoms with Gasteiger partial charge in [0.05, 0.1) is 12.7 Å². The van der Waals surface area contributed by atoms with Crippen LogP contribution in [0.4, 0.5) is 5.69 Å². The Morgan fingerprint density at radius 1 is 1.39 bits per heavy atom. The Morgan fingerprint density at radius 2 is 2.11 bits per heavy atom. The molecule has 0 aliphatic heterocycles. The zero-order valence-electron chi connectivity index (χ0n) is 10.5. The maximum absolute atomic E-state index is 11.6. The van der Waals surface area contributed by atoms with Crippen LogP contribution in [-0.4, -0.2) is 24.3 Å². The van der Waals surface area contributed by atoms with E-state index in [1.165, 1.54) is 7.11 Å². The van der Waals surface area contributed by atoms with Gasteiger partial charge in [0.15, 0.2) is 0 Å². The molecule has 0 fully saturated rings. The molecule has 1 amide bonds. The summed E-state index contributed by atoms with van der Waals surface area (Å²) in [7, 11) is 1.33. The van der Waals surface area contributed by atoms with Crippen molar-refractivity contribution in [3.05, 3.63) is 29.3 Å². The van der Waals surface area contributed by atoms with Gasteiger partial charge in [0.2, 0.25) is 5.91 Å². The van der Waals surface area contributed by atoms with Gasteiger partial charge in [-0.25, -0.2) is 4.79 Å². The molecule has 1 aromatic carbocycles. The second-order valence-electron chi connectivity index (χ2n) is 3.70. The quantitative estimate of drug-likeness (QED) is 0.671. The first kappa shape index (κ1) is 14.7. The fourth-order valence-electron chi connectivity index (χ4n) is 1.54. The number of nitrogens with one attached hydrogen (secondary N) is 1. The number of rotatable bonds is 5. The highest BCUT2D eigenvalue weighted by molar-refractivity contribution is 9.09. The van der Waals surface area contributed by atoms with Crippen molar-refractivity contribution in [1.29, 1.82) is 0 Å². The molecular formula is C13H16BrNO3. The van der Waals surface area contributed by atoms with E-state index in [2.05, 4.69) is 26.0 Å². The maximum atomic E-state index is 11.6. The van der Waals surface area contributed by atoms with Crippen molar-refractivity contribution in [1.82, 2.24) is 0 Å². The smallest absolute Gasteiger partial charge is 0.337 e. The molecule has 0 radical (unpaired) electrons. The topological polar surface area (TPSA) is 55.4 Å². The lowest BCUT2D eigenvalue weighted by Crippen LogP contribution is -2.14. The van der Waals surface area contributed by atoms with Gasteiger partial charge in [-0.2, -0.15) is 0 Å². The molecule has 0 saturated carbocycles. The molecule has 0 bridgehead atoms. The minimum atomic E-state index is -0.409. The number of alkyl halides is 1. The van der Waals surface area contributed by atoms with Crippen LogP contribution in [0.5, 0.6) is 0 Å². The molecule has 1 aromatic rings. The van der Waals surface area contributed by atoms with Crippen LogP contribution in [0, 0.1) is 0 Å². The Balaban J connectivity index is 2.98.